The molecule has 94 valence electrons. The molecule has 1 saturated heterocycles. The van der Waals surface area contributed by atoms with Gasteiger partial charge in [0.05, 0.1) is 0 Å². The molecule has 0 aromatic heterocycles. The number of hydrogen-bond donors (Lipinski definition) is 1. The molecule has 1 atom stereocenters. The van der Waals surface area contributed by atoms with E-state index >= 15 is 0 Å². The first kappa shape index (κ1) is 13.8. The predicted molar refractivity (Wildman–Crippen MR) is 67.9 cm³/mol. The van der Waals surface area contributed by atoms with E-state index in [4.69, 9.17) is 0 Å². The summed E-state index contributed by atoms with van der Waals surface area (Å²) in [5.74, 6) is 0.753. The Morgan fingerprint density at radius 1 is 1.25 bits per heavy atom. The summed E-state index contributed by atoms with van der Waals surface area (Å²) in [6, 6.07) is 0.383. The highest BCUT2D eigenvalue weighted by atomic mass is 35.5. The first-order valence-electron chi connectivity index (χ1n) is 6.30. The van der Waals surface area contributed by atoms with E-state index in [-0.39, 0.29) is 12.4 Å². The minimum atomic E-state index is 0. The molecule has 1 saturated carbocycles. The van der Waals surface area contributed by atoms with Crippen molar-refractivity contribution in [1.82, 2.24) is 10.2 Å². The second-order valence-corrected chi connectivity index (χ2v) is 4.92. The molecule has 2 aliphatic rings. The van der Waals surface area contributed by atoms with Gasteiger partial charge >= 0.3 is 0 Å². The lowest BCUT2D eigenvalue weighted by atomic mass is 9.88. The van der Waals surface area contributed by atoms with E-state index in [1.165, 1.54) is 19.3 Å². The molecule has 1 N–H and O–H groups in total. The summed E-state index contributed by atoms with van der Waals surface area (Å²) in [4.78, 5) is 14.4. The molecule has 16 heavy (non-hydrogen) atoms. The highest BCUT2D eigenvalue weighted by Crippen LogP contribution is 2.26. The fraction of sp³-hybridized carbons (Fsp3) is 0.917. The Balaban J connectivity index is 0.00000128. The molecule has 0 aromatic carbocycles. The Bertz CT molecular complexity index is 229. The maximum atomic E-state index is 12.3. The Labute approximate surface area is 104 Å². The van der Waals surface area contributed by atoms with Crippen molar-refractivity contribution in [3.63, 3.8) is 0 Å². The Morgan fingerprint density at radius 2 is 1.94 bits per heavy atom. The minimum Gasteiger partial charge on any atom is -0.337 e. The molecule has 0 spiro atoms. The monoisotopic (exact) mass is 246 g/mol. The van der Waals surface area contributed by atoms with E-state index in [1.807, 2.05) is 0 Å². The minimum absolute atomic E-state index is 0. The molecule has 0 unspecified atom stereocenters. The van der Waals surface area contributed by atoms with Gasteiger partial charge in [0.15, 0.2) is 0 Å². The fourth-order valence-corrected chi connectivity index (χ4v) is 2.75. The topological polar surface area (TPSA) is 32.3 Å². The lowest BCUT2D eigenvalue weighted by molar-refractivity contribution is -0.139. The number of hydrogen-bond acceptors (Lipinski definition) is 2. The summed E-state index contributed by atoms with van der Waals surface area (Å²) < 4.78 is 0. The molecule has 1 aliphatic carbocycles. The molecule has 0 bridgehead atoms. The average Bonchev–Trinajstić information content (AvgIpc) is 2.30. The molecule has 2 rings (SSSR count). The van der Waals surface area contributed by atoms with Crippen LogP contribution in [0.2, 0.25) is 0 Å². The third-order valence-electron chi connectivity index (χ3n) is 3.74. The molecule has 1 aliphatic heterocycles. The first-order valence-corrected chi connectivity index (χ1v) is 6.30. The molecule has 4 heteroatoms. The van der Waals surface area contributed by atoms with Crippen LogP contribution >= 0.6 is 12.4 Å². The number of halogens is 1. The molecular formula is C12H23ClN2O. The summed E-state index contributed by atoms with van der Waals surface area (Å²) in [6.07, 6.45) is 6.06. The van der Waals surface area contributed by atoms with Gasteiger partial charge in [0.1, 0.15) is 0 Å². The van der Waals surface area contributed by atoms with Gasteiger partial charge in [0.2, 0.25) is 5.91 Å². The van der Waals surface area contributed by atoms with E-state index < -0.39 is 0 Å². The van der Waals surface area contributed by atoms with Crippen LogP contribution < -0.4 is 5.32 Å². The van der Waals surface area contributed by atoms with Crippen molar-refractivity contribution in [2.45, 2.75) is 45.1 Å². The summed E-state index contributed by atoms with van der Waals surface area (Å²) in [6.45, 7) is 4.96. The molecule has 1 heterocycles. The van der Waals surface area contributed by atoms with Gasteiger partial charge < -0.3 is 10.2 Å². The van der Waals surface area contributed by atoms with Gasteiger partial charge in [0, 0.05) is 31.6 Å². The van der Waals surface area contributed by atoms with Crippen LogP contribution in [0.5, 0.6) is 0 Å². The summed E-state index contributed by atoms with van der Waals surface area (Å²) >= 11 is 0. The highest BCUT2D eigenvalue weighted by Gasteiger charge is 2.29. The largest absolute Gasteiger partial charge is 0.337 e. The second-order valence-electron chi connectivity index (χ2n) is 4.92. The van der Waals surface area contributed by atoms with E-state index in [0.29, 0.717) is 17.9 Å². The van der Waals surface area contributed by atoms with Crippen LogP contribution in [0, 0.1) is 5.92 Å². The first-order chi connectivity index (χ1) is 7.29. The van der Waals surface area contributed by atoms with Crippen LogP contribution in [0.1, 0.15) is 39.0 Å². The van der Waals surface area contributed by atoms with Crippen LogP contribution in [-0.4, -0.2) is 36.5 Å². The third kappa shape index (κ3) is 3.11. The van der Waals surface area contributed by atoms with Crippen LogP contribution in [0.15, 0.2) is 0 Å². The van der Waals surface area contributed by atoms with Crippen molar-refractivity contribution in [1.29, 1.82) is 0 Å². The van der Waals surface area contributed by atoms with Gasteiger partial charge in [-0.1, -0.05) is 19.3 Å². The third-order valence-corrected chi connectivity index (χ3v) is 3.74. The lowest BCUT2D eigenvalue weighted by Gasteiger charge is -2.37. The molecule has 0 aromatic rings. The van der Waals surface area contributed by atoms with Gasteiger partial charge in [0.25, 0.3) is 0 Å². The van der Waals surface area contributed by atoms with Crippen molar-refractivity contribution in [3.05, 3.63) is 0 Å². The highest BCUT2D eigenvalue weighted by molar-refractivity contribution is 5.85. The fourth-order valence-electron chi connectivity index (χ4n) is 2.75. The van der Waals surface area contributed by atoms with Crippen molar-refractivity contribution in [3.8, 4) is 0 Å². The van der Waals surface area contributed by atoms with Crippen molar-refractivity contribution in [2.75, 3.05) is 19.6 Å². The van der Waals surface area contributed by atoms with Crippen molar-refractivity contribution in [2.24, 2.45) is 5.92 Å². The molecule has 2 fully saturated rings. The normalized spacial score (nSPS) is 27.3. The number of nitrogens with zero attached hydrogens (tertiary/aromatic N) is 1. The van der Waals surface area contributed by atoms with Crippen LogP contribution in [0.3, 0.4) is 0 Å². The number of nitrogens with one attached hydrogen (secondary N) is 1. The summed E-state index contributed by atoms with van der Waals surface area (Å²) in [7, 11) is 0. The van der Waals surface area contributed by atoms with Gasteiger partial charge in [-0.3, -0.25) is 4.79 Å². The smallest absolute Gasteiger partial charge is 0.226 e. The number of rotatable bonds is 1. The SMILES string of the molecule is C[C@H]1CNCCN1C(=O)C1CCCCC1.Cl. The van der Waals surface area contributed by atoms with E-state index in [0.717, 1.165) is 32.5 Å². The Kier molecular flexibility index (Phi) is 5.56. The Hall–Kier alpha value is -0.280. The van der Waals surface area contributed by atoms with Gasteiger partial charge in [-0.05, 0) is 19.8 Å². The number of piperazine rings is 1. The Morgan fingerprint density at radius 3 is 2.56 bits per heavy atom. The zero-order valence-electron chi connectivity index (χ0n) is 10.1. The zero-order valence-corrected chi connectivity index (χ0v) is 10.9. The van der Waals surface area contributed by atoms with Crippen molar-refractivity contribution < 1.29 is 4.79 Å². The standard InChI is InChI=1S/C12H22N2O.ClH/c1-10-9-13-7-8-14(10)12(15)11-5-3-2-4-6-11;/h10-11,13H,2-9H2,1H3;1H/t10-;/m0./s1. The van der Waals surface area contributed by atoms with Crippen LogP contribution in [0.25, 0.3) is 0 Å². The van der Waals surface area contributed by atoms with Crippen molar-refractivity contribution >= 4 is 18.3 Å². The van der Waals surface area contributed by atoms with E-state index in [9.17, 15) is 4.79 Å². The number of carbonyl (C=O) groups is 1. The quantitative estimate of drug-likeness (QED) is 0.766. The van der Waals surface area contributed by atoms with E-state index in [1.54, 1.807) is 0 Å². The maximum Gasteiger partial charge on any atom is 0.226 e. The second kappa shape index (κ2) is 6.45. The van der Waals surface area contributed by atoms with Gasteiger partial charge in [-0.25, -0.2) is 0 Å². The maximum absolute atomic E-state index is 12.3. The predicted octanol–water partition coefficient (Wildman–Crippen LogP) is 1.81. The molecular weight excluding hydrogens is 224 g/mol. The molecule has 3 nitrogen and oxygen atoms in total. The summed E-state index contributed by atoms with van der Waals surface area (Å²) in [5.41, 5.74) is 0. The van der Waals surface area contributed by atoms with E-state index in [2.05, 4.69) is 17.1 Å². The molecule has 0 radical (unpaired) electrons. The number of amides is 1. The summed E-state index contributed by atoms with van der Waals surface area (Å²) in [5, 5.41) is 3.33. The lowest BCUT2D eigenvalue weighted by Crippen LogP contribution is -2.54. The molecule has 1 amide bonds. The van der Waals surface area contributed by atoms with Gasteiger partial charge in [-0.2, -0.15) is 0 Å². The van der Waals surface area contributed by atoms with Crippen LogP contribution in [0.4, 0.5) is 0 Å². The zero-order chi connectivity index (χ0) is 10.7. The number of carbonyl (C=O) groups excluding carboxylic acids is 1. The van der Waals surface area contributed by atoms with Crippen LogP contribution in [-0.2, 0) is 4.79 Å². The van der Waals surface area contributed by atoms with Gasteiger partial charge in [-0.15, -0.1) is 12.4 Å². The average molecular weight is 247 g/mol.